The number of hydrogen-bond donors (Lipinski definition) is 2. The van der Waals surface area contributed by atoms with Crippen molar-refractivity contribution in [3.05, 3.63) is 0 Å². The molecule has 1 atom stereocenters. The second-order valence-corrected chi connectivity index (χ2v) is 3.29. The van der Waals surface area contributed by atoms with E-state index in [1.807, 2.05) is 6.92 Å². The van der Waals surface area contributed by atoms with Crippen molar-refractivity contribution in [1.82, 2.24) is 5.32 Å². The highest BCUT2D eigenvalue weighted by molar-refractivity contribution is 4.71. The Balaban J connectivity index is 3.84. The molecule has 0 saturated heterocycles. The van der Waals surface area contributed by atoms with Crippen LogP contribution < -0.4 is 5.32 Å². The Morgan fingerprint density at radius 1 is 1.42 bits per heavy atom. The fourth-order valence-electron chi connectivity index (χ4n) is 0.961. The minimum absolute atomic E-state index is 0.184. The second kappa shape index (κ2) is 5.51. The van der Waals surface area contributed by atoms with Gasteiger partial charge in [0.2, 0.25) is 0 Å². The lowest BCUT2D eigenvalue weighted by Crippen LogP contribution is -2.37. The SMILES string of the molecule is CCC(C)(CC)OC(O)CNC. The Morgan fingerprint density at radius 3 is 2.25 bits per heavy atom. The lowest BCUT2D eigenvalue weighted by atomic mass is 10.0. The summed E-state index contributed by atoms with van der Waals surface area (Å²) in [7, 11) is 1.79. The molecule has 1 unspecified atom stereocenters. The monoisotopic (exact) mass is 175 g/mol. The lowest BCUT2D eigenvalue weighted by molar-refractivity contribution is -0.178. The Morgan fingerprint density at radius 2 is 1.92 bits per heavy atom. The summed E-state index contributed by atoms with van der Waals surface area (Å²) in [6.45, 7) is 6.63. The van der Waals surface area contributed by atoms with E-state index in [4.69, 9.17) is 4.74 Å². The normalized spacial score (nSPS) is 14.8. The molecule has 0 bridgehead atoms. The molecule has 0 aliphatic heterocycles. The van der Waals surface area contributed by atoms with E-state index >= 15 is 0 Å². The summed E-state index contributed by atoms with van der Waals surface area (Å²) >= 11 is 0. The summed E-state index contributed by atoms with van der Waals surface area (Å²) in [6.07, 6.45) is 1.15. The van der Waals surface area contributed by atoms with E-state index in [1.165, 1.54) is 0 Å². The number of ether oxygens (including phenoxy) is 1. The van der Waals surface area contributed by atoms with Crippen LogP contribution in [0.2, 0.25) is 0 Å². The van der Waals surface area contributed by atoms with E-state index in [0.717, 1.165) is 12.8 Å². The summed E-state index contributed by atoms with van der Waals surface area (Å²) in [6, 6.07) is 0. The third kappa shape index (κ3) is 4.04. The van der Waals surface area contributed by atoms with Crippen molar-refractivity contribution in [1.29, 1.82) is 0 Å². The van der Waals surface area contributed by atoms with Crippen LogP contribution in [0.1, 0.15) is 33.6 Å². The van der Waals surface area contributed by atoms with Crippen molar-refractivity contribution in [3.8, 4) is 0 Å². The number of hydrogen-bond acceptors (Lipinski definition) is 3. The number of likely N-dealkylation sites (N-methyl/N-ethyl adjacent to an activating group) is 1. The van der Waals surface area contributed by atoms with Gasteiger partial charge >= 0.3 is 0 Å². The fourth-order valence-corrected chi connectivity index (χ4v) is 0.961. The molecular weight excluding hydrogens is 154 g/mol. The van der Waals surface area contributed by atoms with Gasteiger partial charge < -0.3 is 15.2 Å². The number of aliphatic hydroxyl groups excluding tert-OH is 1. The Kier molecular flexibility index (Phi) is 5.46. The van der Waals surface area contributed by atoms with Gasteiger partial charge in [0.1, 0.15) is 0 Å². The van der Waals surface area contributed by atoms with Crippen LogP contribution in [0.15, 0.2) is 0 Å². The maximum Gasteiger partial charge on any atom is 0.167 e. The van der Waals surface area contributed by atoms with Gasteiger partial charge in [-0.15, -0.1) is 0 Å². The number of aliphatic hydroxyl groups is 1. The van der Waals surface area contributed by atoms with Gasteiger partial charge in [0.25, 0.3) is 0 Å². The summed E-state index contributed by atoms with van der Waals surface area (Å²) in [5.74, 6) is 0. The van der Waals surface area contributed by atoms with Crippen LogP contribution in [-0.4, -0.2) is 30.6 Å². The van der Waals surface area contributed by atoms with Crippen LogP contribution in [-0.2, 0) is 4.74 Å². The van der Waals surface area contributed by atoms with Gasteiger partial charge in [-0.3, -0.25) is 0 Å². The van der Waals surface area contributed by atoms with E-state index < -0.39 is 6.29 Å². The molecule has 0 aromatic heterocycles. The molecule has 0 radical (unpaired) electrons. The van der Waals surface area contributed by atoms with Crippen LogP contribution in [0.25, 0.3) is 0 Å². The molecule has 3 nitrogen and oxygen atoms in total. The van der Waals surface area contributed by atoms with Crippen LogP contribution in [0.5, 0.6) is 0 Å². The molecule has 0 aromatic rings. The molecule has 0 saturated carbocycles. The van der Waals surface area contributed by atoms with Gasteiger partial charge in [0, 0.05) is 6.54 Å². The molecule has 2 N–H and O–H groups in total. The molecule has 0 heterocycles. The van der Waals surface area contributed by atoms with Crippen molar-refractivity contribution in [2.24, 2.45) is 0 Å². The van der Waals surface area contributed by atoms with Gasteiger partial charge in [0.05, 0.1) is 5.60 Å². The highest BCUT2D eigenvalue weighted by atomic mass is 16.6. The predicted molar refractivity (Wildman–Crippen MR) is 50.0 cm³/mol. The maximum absolute atomic E-state index is 9.36. The molecule has 74 valence electrons. The first-order valence-electron chi connectivity index (χ1n) is 4.58. The third-order valence-corrected chi connectivity index (χ3v) is 2.30. The Bertz CT molecular complexity index is 113. The van der Waals surface area contributed by atoms with Crippen molar-refractivity contribution >= 4 is 0 Å². The highest BCUT2D eigenvalue weighted by Gasteiger charge is 2.23. The highest BCUT2D eigenvalue weighted by Crippen LogP contribution is 2.20. The zero-order valence-corrected chi connectivity index (χ0v) is 8.55. The molecule has 0 fully saturated rings. The summed E-state index contributed by atoms with van der Waals surface area (Å²) < 4.78 is 5.47. The van der Waals surface area contributed by atoms with Crippen molar-refractivity contribution in [3.63, 3.8) is 0 Å². The van der Waals surface area contributed by atoms with E-state index in [9.17, 15) is 5.11 Å². The summed E-state index contributed by atoms with van der Waals surface area (Å²) in [5.41, 5.74) is -0.184. The first-order valence-corrected chi connectivity index (χ1v) is 4.58. The number of nitrogens with one attached hydrogen (secondary N) is 1. The number of rotatable bonds is 6. The van der Waals surface area contributed by atoms with Crippen LogP contribution in [0.3, 0.4) is 0 Å². The molecule has 0 spiro atoms. The fraction of sp³-hybridized carbons (Fsp3) is 1.00. The standard InChI is InChI=1S/C9H21NO2/c1-5-9(3,6-2)12-8(11)7-10-4/h8,10-11H,5-7H2,1-4H3. The van der Waals surface area contributed by atoms with Crippen molar-refractivity contribution in [2.75, 3.05) is 13.6 Å². The molecule has 0 aliphatic rings. The van der Waals surface area contributed by atoms with Crippen LogP contribution >= 0.6 is 0 Å². The molecule has 0 amide bonds. The Hall–Kier alpha value is -0.120. The van der Waals surface area contributed by atoms with E-state index in [-0.39, 0.29) is 5.60 Å². The molecule has 0 aromatic carbocycles. The van der Waals surface area contributed by atoms with E-state index in [2.05, 4.69) is 19.2 Å². The largest absolute Gasteiger partial charge is 0.367 e. The second-order valence-electron chi connectivity index (χ2n) is 3.29. The van der Waals surface area contributed by atoms with Crippen LogP contribution in [0.4, 0.5) is 0 Å². The summed E-state index contributed by atoms with van der Waals surface area (Å²) in [5, 5.41) is 12.2. The van der Waals surface area contributed by atoms with Gasteiger partial charge in [0.15, 0.2) is 6.29 Å². The molecule has 0 aliphatic carbocycles. The first kappa shape index (κ1) is 11.9. The average molecular weight is 175 g/mol. The lowest BCUT2D eigenvalue weighted by Gasteiger charge is -2.29. The molecular formula is C9H21NO2. The smallest absolute Gasteiger partial charge is 0.167 e. The van der Waals surface area contributed by atoms with Crippen molar-refractivity contribution < 1.29 is 9.84 Å². The van der Waals surface area contributed by atoms with Crippen molar-refractivity contribution in [2.45, 2.75) is 45.5 Å². The maximum atomic E-state index is 9.36. The van der Waals surface area contributed by atoms with Gasteiger partial charge in [-0.1, -0.05) is 13.8 Å². The first-order chi connectivity index (χ1) is 5.58. The zero-order valence-electron chi connectivity index (χ0n) is 8.55. The quantitative estimate of drug-likeness (QED) is 0.594. The minimum Gasteiger partial charge on any atom is -0.367 e. The van der Waals surface area contributed by atoms with Gasteiger partial charge in [-0.2, -0.15) is 0 Å². The molecule has 0 rings (SSSR count). The van der Waals surface area contributed by atoms with Crippen LogP contribution in [0, 0.1) is 0 Å². The summed E-state index contributed by atoms with van der Waals surface area (Å²) in [4.78, 5) is 0. The van der Waals surface area contributed by atoms with E-state index in [0.29, 0.717) is 6.54 Å². The minimum atomic E-state index is -0.695. The third-order valence-electron chi connectivity index (χ3n) is 2.30. The molecule has 12 heavy (non-hydrogen) atoms. The van der Waals surface area contributed by atoms with Gasteiger partial charge in [-0.25, -0.2) is 0 Å². The topological polar surface area (TPSA) is 41.5 Å². The molecule has 3 heteroatoms. The predicted octanol–water partition coefficient (Wildman–Crippen LogP) is 1.12. The van der Waals surface area contributed by atoms with Gasteiger partial charge in [-0.05, 0) is 26.8 Å². The average Bonchev–Trinajstić information content (AvgIpc) is 2.05. The Labute approximate surface area is 75.1 Å². The van der Waals surface area contributed by atoms with E-state index in [1.54, 1.807) is 7.05 Å². The zero-order chi connectivity index (χ0) is 9.61.